The van der Waals surface area contributed by atoms with E-state index in [1.165, 1.54) is 32.1 Å². The van der Waals surface area contributed by atoms with Crippen molar-refractivity contribution < 1.29 is 14.6 Å². The van der Waals surface area contributed by atoms with Crippen molar-refractivity contribution in [2.45, 2.75) is 83.6 Å². The molecule has 1 aromatic rings. The molecule has 1 aliphatic rings. The van der Waals surface area contributed by atoms with E-state index in [4.69, 9.17) is 4.74 Å². The molecule has 2 rings (SSSR count). The number of nitrogens with one attached hydrogen (secondary N) is 2. The molecule has 1 fully saturated rings. The molecule has 1 unspecified atom stereocenters. The van der Waals surface area contributed by atoms with Gasteiger partial charge in [-0.05, 0) is 37.7 Å². The van der Waals surface area contributed by atoms with Gasteiger partial charge in [0.05, 0.1) is 11.7 Å². The molecule has 0 aliphatic heterocycles. The minimum absolute atomic E-state index is 0.197. The molecule has 0 aromatic heterocycles. The van der Waals surface area contributed by atoms with E-state index in [9.17, 15) is 9.90 Å². The molecule has 3 N–H and O–H groups in total. The topological polar surface area (TPSA) is 70.6 Å². The number of benzene rings is 1. The van der Waals surface area contributed by atoms with Crippen LogP contribution in [0.3, 0.4) is 0 Å². The molecule has 1 amide bonds. The molecular weight excluding hydrogens is 364 g/mol. The van der Waals surface area contributed by atoms with E-state index in [1.54, 1.807) is 0 Å². The first-order valence-corrected chi connectivity index (χ1v) is 10.9. The minimum Gasteiger partial charge on any atom is -0.445 e. The van der Waals surface area contributed by atoms with Crippen molar-refractivity contribution in [2.24, 2.45) is 5.92 Å². The molecule has 5 nitrogen and oxygen atoms in total. The highest BCUT2D eigenvalue weighted by Gasteiger charge is 2.27. The summed E-state index contributed by atoms with van der Waals surface area (Å²) in [6.45, 7) is 8.12. The summed E-state index contributed by atoms with van der Waals surface area (Å²) in [6, 6.07) is 9.31. The number of aliphatic hydroxyl groups is 1. The van der Waals surface area contributed by atoms with Gasteiger partial charge in [0.25, 0.3) is 0 Å². The number of carbonyl (C=O) groups is 1. The summed E-state index contributed by atoms with van der Waals surface area (Å²) >= 11 is 0. The summed E-state index contributed by atoms with van der Waals surface area (Å²) in [5.41, 5.74) is 4.32. The number of hydrogen-bond acceptors (Lipinski definition) is 4. The third-order valence-corrected chi connectivity index (χ3v) is 5.72. The van der Waals surface area contributed by atoms with Crippen LogP contribution in [0.5, 0.6) is 0 Å². The van der Waals surface area contributed by atoms with Crippen LogP contribution in [0.25, 0.3) is 0 Å². The van der Waals surface area contributed by atoms with Gasteiger partial charge < -0.3 is 20.5 Å². The van der Waals surface area contributed by atoms with E-state index >= 15 is 0 Å². The van der Waals surface area contributed by atoms with Gasteiger partial charge in [-0.15, -0.1) is 5.73 Å². The molecule has 0 spiro atoms. The maximum absolute atomic E-state index is 12.3. The molecule has 0 heterocycles. The molecular formula is C24H36N2O3. The van der Waals surface area contributed by atoms with Crippen molar-refractivity contribution >= 4 is 6.09 Å². The molecule has 5 heteroatoms. The summed E-state index contributed by atoms with van der Waals surface area (Å²) in [7, 11) is 0. The molecule has 0 bridgehead atoms. The highest BCUT2D eigenvalue weighted by Crippen LogP contribution is 2.27. The summed E-state index contributed by atoms with van der Waals surface area (Å²) < 4.78 is 5.32. The first-order chi connectivity index (χ1) is 14.0. The van der Waals surface area contributed by atoms with Gasteiger partial charge in [0.15, 0.2) is 0 Å². The Morgan fingerprint density at radius 3 is 2.55 bits per heavy atom. The van der Waals surface area contributed by atoms with Crippen LogP contribution in [0.15, 0.2) is 48.3 Å². The fraction of sp³-hybridized carbons (Fsp3) is 0.583. The maximum Gasteiger partial charge on any atom is 0.407 e. The van der Waals surface area contributed by atoms with Crippen LogP contribution in [0, 0.1) is 5.92 Å². The van der Waals surface area contributed by atoms with Gasteiger partial charge in [-0.1, -0.05) is 69.5 Å². The van der Waals surface area contributed by atoms with Gasteiger partial charge in [-0.25, -0.2) is 4.79 Å². The van der Waals surface area contributed by atoms with Gasteiger partial charge in [0, 0.05) is 6.04 Å². The van der Waals surface area contributed by atoms with E-state index in [-0.39, 0.29) is 12.6 Å². The minimum atomic E-state index is -0.900. The lowest BCUT2D eigenvalue weighted by Crippen LogP contribution is -2.48. The Kier molecular flexibility index (Phi) is 9.82. The van der Waals surface area contributed by atoms with Crippen LogP contribution in [-0.2, 0) is 11.3 Å². The van der Waals surface area contributed by atoms with Crippen molar-refractivity contribution in [3.8, 4) is 0 Å². The predicted octanol–water partition coefficient (Wildman–Crippen LogP) is 4.67. The highest BCUT2D eigenvalue weighted by atomic mass is 16.5. The Labute approximate surface area is 175 Å². The fourth-order valence-corrected chi connectivity index (χ4v) is 3.98. The Balaban J connectivity index is 1.92. The van der Waals surface area contributed by atoms with Crippen molar-refractivity contribution in [1.29, 1.82) is 0 Å². The molecule has 1 saturated carbocycles. The maximum atomic E-state index is 12.3. The monoisotopic (exact) mass is 400 g/mol. The first kappa shape index (κ1) is 23.1. The Hall–Kier alpha value is -2.23. The zero-order valence-electron chi connectivity index (χ0n) is 17.8. The smallest absolute Gasteiger partial charge is 0.407 e. The number of hydrogen-bond donors (Lipinski definition) is 3. The number of amides is 1. The van der Waals surface area contributed by atoms with Crippen molar-refractivity contribution in [3.63, 3.8) is 0 Å². The third kappa shape index (κ3) is 7.60. The van der Waals surface area contributed by atoms with E-state index in [1.807, 2.05) is 37.3 Å². The van der Waals surface area contributed by atoms with Crippen molar-refractivity contribution in [3.05, 3.63) is 53.9 Å². The van der Waals surface area contributed by atoms with E-state index in [2.05, 4.69) is 29.9 Å². The zero-order chi connectivity index (χ0) is 21.1. The third-order valence-electron chi connectivity index (χ3n) is 5.72. The molecule has 3 atom stereocenters. The quantitative estimate of drug-likeness (QED) is 0.499. The summed E-state index contributed by atoms with van der Waals surface area (Å²) in [6.07, 6.45) is 6.27. The lowest BCUT2D eigenvalue weighted by molar-refractivity contribution is 0.108. The largest absolute Gasteiger partial charge is 0.445 e. The van der Waals surface area contributed by atoms with Crippen LogP contribution in [0.2, 0.25) is 0 Å². The number of aliphatic hydroxyl groups excluding tert-OH is 1. The Bertz CT molecular complexity index is 664. The molecule has 1 aromatic carbocycles. The zero-order valence-corrected chi connectivity index (χ0v) is 17.8. The second kappa shape index (κ2) is 12.4. The van der Waals surface area contributed by atoms with Crippen LogP contribution >= 0.6 is 0 Å². The molecule has 160 valence electrons. The molecule has 1 aliphatic carbocycles. The number of ether oxygens (including phenoxy) is 1. The molecule has 0 saturated heterocycles. The van der Waals surface area contributed by atoms with Gasteiger partial charge in [0.1, 0.15) is 12.7 Å². The molecule has 0 radical (unpaired) electrons. The fourth-order valence-electron chi connectivity index (χ4n) is 3.98. The van der Waals surface area contributed by atoms with E-state index in [0.717, 1.165) is 12.0 Å². The van der Waals surface area contributed by atoms with Crippen LogP contribution in [0.1, 0.15) is 64.4 Å². The standard InChI is InChI=1S/C24H36N2O3/c1-4-12-22(26-24(28)29-17-19-13-8-6-9-14-19)23(27)21(5-2)25-18(3)20-15-10-7-11-16-20/h6,8-9,13-14,18,20,22-23,25,27H,2,4,7,10-12,15-17H2,1,3H3,(H,26,28)/t18-,22-,23?/m0/s1. The second-order valence-corrected chi connectivity index (χ2v) is 7.97. The Morgan fingerprint density at radius 2 is 1.93 bits per heavy atom. The van der Waals surface area contributed by atoms with Gasteiger partial charge in [0.2, 0.25) is 0 Å². The highest BCUT2D eigenvalue weighted by molar-refractivity contribution is 5.67. The van der Waals surface area contributed by atoms with Crippen molar-refractivity contribution in [2.75, 3.05) is 0 Å². The second-order valence-electron chi connectivity index (χ2n) is 7.97. The summed E-state index contributed by atoms with van der Waals surface area (Å²) in [5.74, 6) is 0.590. The number of rotatable bonds is 10. The lowest BCUT2D eigenvalue weighted by Gasteiger charge is -2.32. The van der Waals surface area contributed by atoms with E-state index in [0.29, 0.717) is 18.0 Å². The SMILES string of the molecule is C=C=C(N[C@@H](C)C1CCCCC1)C(O)[C@H](CCC)NC(=O)OCc1ccccc1. The average Bonchev–Trinajstić information content (AvgIpc) is 2.76. The Morgan fingerprint density at radius 1 is 1.24 bits per heavy atom. The number of carbonyl (C=O) groups excluding carboxylic acids is 1. The van der Waals surface area contributed by atoms with Crippen LogP contribution in [0.4, 0.5) is 4.79 Å². The van der Waals surface area contributed by atoms with E-state index < -0.39 is 18.2 Å². The van der Waals surface area contributed by atoms with Crippen LogP contribution < -0.4 is 10.6 Å². The number of alkyl carbamates (subject to hydrolysis) is 1. The average molecular weight is 401 g/mol. The van der Waals surface area contributed by atoms with Gasteiger partial charge in [-0.3, -0.25) is 0 Å². The molecule has 29 heavy (non-hydrogen) atoms. The van der Waals surface area contributed by atoms with Gasteiger partial charge in [-0.2, -0.15) is 0 Å². The predicted molar refractivity (Wildman–Crippen MR) is 116 cm³/mol. The first-order valence-electron chi connectivity index (χ1n) is 10.9. The normalized spacial score (nSPS) is 17.5. The summed E-state index contributed by atoms with van der Waals surface area (Å²) in [5, 5.41) is 17.1. The lowest BCUT2D eigenvalue weighted by atomic mass is 9.84. The summed E-state index contributed by atoms with van der Waals surface area (Å²) in [4.78, 5) is 12.3. The van der Waals surface area contributed by atoms with Crippen molar-refractivity contribution in [1.82, 2.24) is 10.6 Å². The van der Waals surface area contributed by atoms with Gasteiger partial charge >= 0.3 is 6.09 Å². The van der Waals surface area contributed by atoms with Crippen LogP contribution in [-0.4, -0.2) is 29.4 Å².